The summed E-state index contributed by atoms with van der Waals surface area (Å²) in [5.41, 5.74) is 1.72. The third-order valence-corrected chi connectivity index (χ3v) is 4.05. The van der Waals surface area contributed by atoms with Crippen LogP contribution in [0.25, 0.3) is 11.0 Å². The molecule has 0 radical (unpaired) electrons. The van der Waals surface area contributed by atoms with Gasteiger partial charge in [-0.3, -0.25) is 0 Å². The second-order valence-corrected chi connectivity index (χ2v) is 5.91. The number of para-hydroxylation sites is 2. The van der Waals surface area contributed by atoms with E-state index in [4.69, 9.17) is 4.74 Å². The Bertz CT molecular complexity index is 665. The van der Waals surface area contributed by atoms with Gasteiger partial charge in [-0.1, -0.05) is 12.1 Å². The monoisotopic (exact) mass is 342 g/mol. The summed E-state index contributed by atoms with van der Waals surface area (Å²) in [4.78, 5) is 4.59. The standard InChI is InChI=1S/C16H21F3N4O/c17-16(18,19)11-24-10-9-23-14-4-2-1-3-13(14)22-15(23)21-12-5-7-20-8-6-12/h1-4,12,20H,5-11H2,(H,21,22). The number of piperidine rings is 1. The summed E-state index contributed by atoms with van der Waals surface area (Å²) >= 11 is 0. The fraction of sp³-hybridized carbons (Fsp3) is 0.562. The Morgan fingerprint density at radius 2 is 2.00 bits per heavy atom. The minimum absolute atomic E-state index is 0.0131. The number of hydrogen-bond donors (Lipinski definition) is 2. The van der Waals surface area contributed by atoms with Gasteiger partial charge >= 0.3 is 6.18 Å². The number of hydrogen-bond acceptors (Lipinski definition) is 4. The number of halogens is 3. The zero-order valence-electron chi connectivity index (χ0n) is 13.3. The molecule has 0 atom stereocenters. The largest absolute Gasteiger partial charge is 0.411 e. The molecule has 2 heterocycles. The summed E-state index contributed by atoms with van der Waals surface area (Å²) in [7, 11) is 0. The van der Waals surface area contributed by atoms with Crippen LogP contribution in [0.4, 0.5) is 19.1 Å². The molecule has 2 N–H and O–H groups in total. The van der Waals surface area contributed by atoms with Crippen molar-refractivity contribution < 1.29 is 17.9 Å². The van der Waals surface area contributed by atoms with Crippen LogP contribution in [0, 0.1) is 0 Å². The molecule has 0 amide bonds. The normalized spacial score (nSPS) is 16.6. The molecule has 1 aromatic carbocycles. The molecule has 1 saturated heterocycles. The Balaban J connectivity index is 1.72. The van der Waals surface area contributed by atoms with Crippen molar-refractivity contribution in [2.75, 3.05) is 31.6 Å². The number of nitrogens with zero attached hydrogens (tertiary/aromatic N) is 2. The van der Waals surface area contributed by atoms with Crippen molar-refractivity contribution in [1.82, 2.24) is 14.9 Å². The van der Waals surface area contributed by atoms with Gasteiger partial charge in [-0.2, -0.15) is 13.2 Å². The van der Waals surface area contributed by atoms with Gasteiger partial charge in [-0.25, -0.2) is 4.98 Å². The Hall–Kier alpha value is -1.80. The first-order valence-electron chi connectivity index (χ1n) is 8.10. The lowest BCUT2D eigenvalue weighted by molar-refractivity contribution is -0.174. The minimum Gasteiger partial charge on any atom is -0.370 e. The van der Waals surface area contributed by atoms with Crippen molar-refractivity contribution in [3.63, 3.8) is 0 Å². The van der Waals surface area contributed by atoms with Crippen LogP contribution >= 0.6 is 0 Å². The summed E-state index contributed by atoms with van der Waals surface area (Å²) in [6.45, 7) is 0.987. The van der Waals surface area contributed by atoms with Gasteiger partial charge in [0.05, 0.1) is 17.6 Å². The first-order valence-corrected chi connectivity index (χ1v) is 8.10. The molecule has 1 aromatic heterocycles. The molecule has 1 fully saturated rings. The van der Waals surface area contributed by atoms with E-state index in [0.717, 1.165) is 37.0 Å². The van der Waals surface area contributed by atoms with Crippen LogP contribution in [0.3, 0.4) is 0 Å². The van der Waals surface area contributed by atoms with E-state index >= 15 is 0 Å². The molecular formula is C16H21F3N4O. The van der Waals surface area contributed by atoms with Gasteiger partial charge in [0.1, 0.15) is 6.61 Å². The molecular weight excluding hydrogens is 321 g/mol. The van der Waals surface area contributed by atoms with Gasteiger partial charge in [0.2, 0.25) is 5.95 Å². The van der Waals surface area contributed by atoms with Gasteiger partial charge in [0.25, 0.3) is 0 Å². The van der Waals surface area contributed by atoms with E-state index in [1.54, 1.807) is 0 Å². The predicted molar refractivity (Wildman–Crippen MR) is 86.1 cm³/mol. The topological polar surface area (TPSA) is 51.1 Å². The molecule has 132 valence electrons. The maximum atomic E-state index is 12.2. The fourth-order valence-corrected chi connectivity index (χ4v) is 2.90. The average molecular weight is 342 g/mol. The van der Waals surface area contributed by atoms with Crippen LogP contribution in [-0.4, -0.2) is 48.1 Å². The molecule has 8 heteroatoms. The first-order chi connectivity index (χ1) is 11.5. The Morgan fingerprint density at radius 3 is 2.75 bits per heavy atom. The van der Waals surface area contributed by atoms with E-state index < -0.39 is 12.8 Å². The highest BCUT2D eigenvalue weighted by atomic mass is 19.4. The van der Waals surface area contributed by atoms with Gasteiger partial charge in [-0.05, 0) is 38.1 Å². The lowest BCUT2D eigenvalue weighted by atomic mass is 10.1. The number of nitrogens with one attached hydrogen (secondary N) is 2. The van der Waals surface area contributed by atoms with Crippen LogP contribution < -0.4 is 10.6 Å². The molecule has 0 bridgehead atoms. The van der Waals surface area contributed by atoms with Crippen LogP contribution in [0.1, 0.15) is 12.8 Å². The maximum Gasteiger partial charge on any atom is 0.411 e. The molecule has 1 aliphatic rings. The quantitative estimate of drug-likeness (QED) is 0.793. The second-order valence-electron chi connectivity index (χ2n) is 5.91. The minimum atomic E-state index is -4.30. The van der Waals surface area contributed by atoms with Crippen molar-refractivity contribution in [1.29, 1.82) is 0 Å². The molecule has 1 aliphatic heterocycles. The lowest BCUT2D eigenvalue weighted by Crippen LogP contribution is -2.36. The number of imidazole rings is 1. The number of anilines is 1. The zero-order valence-corrected chi connectivity index (χ0v) is 13.3. The summed E-state index contributed by atoms with van der Waals surface area (Å²) in [6, 6.07) is 7.92. The lowest BCUT2D eigenvalue weighted by Gasteiger charge is -2.24. The van der Waals surface area contributed by atoms with Gasteiger partial charge in [0.15, 0.2) is 0 Å². The third kappa shape index (κ3) is 4.39. The molecule has 2 aromatic rings. The molecule has 0 aliphatic carbocycles. The molecule has 0 spiro atoms. The summed E-state index contributed by atoms with van der Waals surface area (Å²) in [5.74, 6) is 0.693. The summed E-state index contributed by atoms with van der Waals surface area (Å²) in [6.07, 6.45) is -2.31. The zero-order chi connectivity index (χ0) is 17.0. The van der Waals surface area contributed by atoms with E-state index in [9.17, 15) is 13.2 Å². The van der Waals surface area contributed by atoms with Crippen LogP contribution in [0.5, 0.6) is 0 Å². The Labute approximate surface area is 138 Å². The van der Waals surface area contributed by atoms with E-state index in [0.29, 0.717) is 18.5 Å². The predicted octanol–water partition coefficient (Wildman–Crippen LogP) is 2.78. The maximum absolute atomic E-state index is 12.2. The van der Waals surface area contributed by atoms with E-state index in [2.05, 4.69) is 15.6 Å². The van der Waals surface area contributed by atoms with Crippen molar-refractivity contribution in [2.24, 2.45) is 0 Å². The summed E-state index contributed by atoms with van der Waals surface area (Å²) < 4.78 is 43.3. The van der Waals surface area contributed by atoms with Gasteiger partial charge < -0.3 is 19.9 Å². The highest BCUT2D eigenvalue weighted by Crippen LogP contribution is 2.22. The second kappa shape index (κ2) is 7.40. The number of aromatic nitrogens is 2. The highest BCUT2D eigenvalue weighted by molar-refractivity contribution is 5.78. The average Bonchev–Trinajstić information content (AvgIpc) is 2.89. The number of rotatable bonds is 6. The Kier molecular flexibility index (Phi) is 5.25. The van der Waals surface area contributed by atoms with E-state index in [1.165, 1.54) is 0 Å². The number of alkyl halides is 3. The molecule has 24 heavy (non-hydrogen) atoms. The van der Waals surface area contributed by atoms with Crippen LogP contribution in [0.15, 0.2) is 24.3 Å². The fourth-order valence-electron chi connectivity index (χ4n) is 2.90. The Morgan fingerprint density at radius 1 is 1.25 bits per heavy atom. The number of ether oxygens (including phenoxy) is 1. The number of fused-ring (bicyclic) bond motifs is 1. The molecule has 0 unspecified atom stereocenters. The first kappa shape index (κ1) is 17.0. The van der Waals surface area contributed by atoms with Crippen LogP contribution in [0.2, 0.25) is 0 Å². The van der Waals surface area contributed by atoms with Crippen LogP contribution in [-0.2, 0) is 11.3 Å². The third-order valence-electron chi connectivity index (χ3n) is 4.05. The molecule has 0 saturated carbocycles. The highest BCUT2D eigenvalue weighted by Gasteiger charge is 2.27. The SMILES string of the molecule is FC(F)(F)COCCn1c(NC2CCNCC2)nc2ccccc21. The van der Waals surface area contributed by atoms with E-state index in [1.807, 2.05) is 28.8 Å². The number of benzene rings is 1. The van der Waals surface area contributed by atoms with Crippen molar-refractivity contribution >= 4 is 17.0 Å². The summed E-state index contributed by atoms with van der Waals surface area (Å²) in [5, 5.41) is 6.73. The van der Waals surface area contributed by atoms with Crippen molar-refractivity contribution in [3.05, 3.63) is 24.3 Å². The smallest absolute Gasteiger partial charge is 0.370 e. The molecule has 3 rings (SSSR count). The van der Waals surface area contributed by atoms with Gasteiger partial charge in [0, 0.05) is 12.6 Å². The van der Waals surface area contributed by atoms with E-state index in [-0.39, 0.29) is 6.61 Å². The van der Waals surface area contributed by atoms with Crippen molar-refractivity contribution in [3.8, 4) is 0 Å². The van der Waals surface area contributed by atoms with Gasteiger partial charge in [-0.15, -0.1) is 0 Å². The molecule has 5 nitrogen and oxygen atoms in total. The van der Waals surface area contributed by atoms with Crippen molar-refractivity contribution in [2.45, 2.75) is 31.6 Å².